The highest BCUT2D eigenvalue weighted by Gasteiger charge is 2.22. The molecule has 8 nitrogen and oxygen atoms in total. The predicted molar refractivity (Wildman–Crippen MR) is 88.4 cm³/mol. The summed E-state index contributed by atoms with van der Waals surface area (Å²) in [6.45, 7) is 1.06. The lowest BCUT2D eigenvalue weighted by molar-refractivity contribution is -0.383. The Labute approximate surface area is 138 Å². The first kappa shape index (κ1) is 16.9. The van der Waals surface area contributed by atoms with Gasteiger partial charge >= 0.3 is 5.69 Å². The molecule has 0 radical (unpaired) electrons. The third-order valence-electron chi connectivity index (χ3n) is 2.93. The third-order valence-corrected chi connectivity index (χ3v) is 3.18. The van der Waals surface area contributed by atoms with E-state index in [2.05, 4.69) is 20.6 Å². The van der Waals surface area contributed by atoms with Gasteiger partial charge in [0.15, 0.2) is 0 Å². The highest BCUT2D eigenvalue weighted by atomic mass is 35.5. The molecule has 0 fully saturated rings. The lowest BCUT2D eigenvalue weighted by atomic mass is 10.3. The van der Waals surface area contributed by atoms with Crippen LogP contribution in [-0.4, -0.2) is 35.2 Å². The number of anilines is 3. The van der Waals surface area contributed by atoms with Crippen molar-refractivity contribution < 1.29 is 9.66 Å². The Balaban J connectivity index is 2.21. The third kappa shape index (κ3) is 4.76. The van der Waals surface area contributed by atoms with Crippen LogP contribution in [0, 0.1) is 10.1 Å². The summed E-state index contributed by atoms with van der Waals surface area (Å²) in [5.74, 6) is 0.277. The van der Waals surface area contributed by atoms with Crippen LogP contribution in [0.4, 0.5) is 23.0 Å². The number of nitrogens with zero attached hydrogens (tertiary/aromatic N) is 3. The maximum atomic E-state index is 11.4. The number of hydrogen-bond donors (Lipinski definition) is 2. The summed E-state index contributed by atoms with van der Waals surface area (Å²) in [6, 6.07) is 6.78. The number of nitro groups is 1. The van der Waals surface area contributed by atoms with Gasteiger partial charge in [0.25, 0.3) is 0 Å². The molecule has 1 aromatic heterocycles. The van der Waals surface area contributed by atoms with Gasteiger partial charge in [0.1, 0.15) is 6.33 Å². The molecule has 0 aliphatic rings. The van der Waals surface area contributed by atoms with Gasteiger partial charge in [0, 0.05) is 31.0 Å². The van der Waals surface area contributed by atoms with Crippen LogP contribution in [0.3, 0.4) is 0 Å². The van der Waals surface area contributed by atoms with Crippen LogP contribution in [0.2, 0.25) is 5.02 Å². The molecule has 0 aliphatic heterocycles. The van der Waals surface area contributed by atoms with E-state index < -0.39 is 4.92 Å². The van der Waals surface area contributed by atoms with Crippen LogP contribution in [-0.2, 0) is 4.74 Å². The summed E-state index contributed by atoms with van der Waals surface area (Å²) in [5.41, 5.74) is 0.432. The molecule has 0 bridgehead atoms. The molecule has 0 spiro atoms. The Kier molecular flexibility index (Phi) is 6.07. The van der Waals surface area contributed by atoms with Gasteiger partial charge in [0.2, 0.25) is 11.6 Å². The summed E-state index contributed by atoms with van der Waals surface area (Å²) in [5, 5.41) is 17.8. The van der Waals surface area contributed by atoms with Gasteiger partial charge in [-0.1, -0.05) is 11.6 Å². The van der Waals surface area contributed by atoms with E-state index in [1.165, 1.54) is 6.33 Å². The largest absolute Gasteiger partial charge is 0.385 e. The number of benzene rings is 1. The molecule has 122 valence electrons. The van der Waals surface area contributed by atoms with E-state index >= 15 is 0 Å². The summed E-state index contributed by atoms with van der Waals surface area (Å²) < 4.78 is 4.94. The van der Waals surface area contributed by atoms with Gasteiger partial charge in [-0.15, -0.1) is 0 Å². The van der Waals surface area contributed by atoms with E-state index in [1.54, 1.807) is 31.4 Å². The van der Waals surface area contributed by atoms with Crippen LogP contribution in [0.5, 0.6) is 0 Å². The summed E-state index contributed by atoms with van der Waals surface area (Å²) >= 11 is 5.82. The minimum absolute atomic E-state index is 0.113. The number of rotatable bonds is 8. The quantitative estimate of drug-likeness (QED) is 0.433. The van der Waals surface area contributed by atoms with E-state index in [-0.39, 0.29) is 17.3 Å². The second-order valence-corrected chi connectivity index (χ2v) is 5.02. The molecule has 23 heavy (non-hydrogen) atoms. The van der Waals surface area contributed by atoms with Crippen LogP contribution in [0.15, 0.2) is 30.6 Å². The molecule has 0 amide bonds. The molecule has 0 saturated carbocycles. The molecular formula is C14H16ClN5O3. The highest BCUT2D eigenvalue weighted by molar-refractivity contribution is 6.30. The second kappa shape index (κ2) is 8.25. The van der Waals surface area contributed by atoms with Gasteiger partial charge in [0.05, 0.1) is 4.92 Å². The molecule has 0 unspecified atom stereocenters. The normalized spacial score (nSPS) is 10.3. The van der Waals surface area contributed by atoms with Crippen molar-refractivity contribution in [2.24, 2.45) is 0 Å². The number of hydrogen-bond acceptors (Lipinski definition) is 7. The molecular weight excluding hydrogens is 322 g/mol. The van der Waals surface area contributed by atoms with Crippen molar-refractivity contribution >= 4 is 34.6 Å². The van der Waals surface area contributed by atoms with E-state index in [1.807, 2.05) is 0 Å². The first-order valence-corrected chi connectivity index (χ1v) is 7.24. The predicted octanol–water partition coefficient (Wildman–Crippen LogP) is 3.23. The van der Waals surface area contributed by atoms with Crippen molar-refractivity contribution in [1.82, 2.24) is 9.97 Å². The first-order chi connectivity index (χ1) is 11.1. The van der Waals surface area contributed by atoms with Crippen molar-refractivity contribution in [1.29, 1.82) is 0 Å². The minimum Gasteiger partial charge on any atom is -0.385 e. The van der Waals surface area contributed by atoms with Gasteiger partial charge in [-0.05, 0) is 30.7 Å². The first-order valence-electron chi connectivity index (χ1n) is 6.86. The van der Waals surface area contributed by atoms with Gasteiger partial charge < -0.3 is 15.4 Å². The average molecular weight is 338 g/mol. The molecule has 2 rings (SSSR count). The maximum Gasteiger partial charge on any atom is 0.353 e. The monoisotopic (exact) mass is 337 g/mol. The number of nitrogens with one attached hydrogen (secondary N) is 2. The number of halogens is 1. The Morgan fingerprint density at radius 2 is 1.96 bits per heavy atom. The van der Waals surface area contributed by atoms with Crippen molar-refractivity contribution in [3.63, 3.8) is 0 Å². The van der Waals surface area contributed by atoms with Crippen molar-refractivity contribution in [2.45, 2.75) is 6.42 Å². The minimum atomic E-state index is -0.517. The van der Waals surface area contributed by atoms with E-state index in [0.717, 1.165) is 0 Å². The highest BCUT2D eigenvalue weighted by Crippen LogP contribution is 2.31. The van der Waals surface area contributed by atoms with E-state index in [4.69, 9.17) is 16.3 Å². The fourth-order valence-electron chi connectivity index (χ4n) is 1.87. The van der Waals surface area contributed by atoms with Gasteiger partial charge in [-0.3, -0.25) is 10.1 Å². The fraction of sp³-hybridized carbons (Fsp3) is 0.286. The summed E-state index contributed by atoms with van der Waals surface area (Å²) in [4.78, 5) is 18.8. The standard InChI is InChI=1S/C14H16ClN5O3/c1-23-8-2-7-16-13-12(20(21)22)14(18-9-17-13)19-11-5-3-10(15)4-6-11/h3-6,9H,2,7-8H2,1H3,(H2,16,17,18,19). The van der Waals surface area contributed by atoms with Gasteiger partial charge in [-0.25, -0.2) is 9.97 Å². The molecule has 0 saturated heterocycles. The van der Waals surface area contributed by atoms with E-state index in [9.17, 15) is 10.1 Å². The molecule has 0 aliphatic carbocycles. The smallest absolute Gasteiger partial charge is 0.353 e. The molecule has 2 N–H and O–H groups in total. The molecule has 1 aromatic carbocycles. The Bertz CT molecular complexity index is 666. The van der Waals surface area contributed by atoms with Gasteiger partial charge in [-0.2, -0.15) is 0 Å². The number of methoxy groups -OCH3 is 1. The Hall–Kier alpha value is -2.45. The van der Waals surface area contributed by atoms with Crippen LogP contribution in [0.25, 0.3) is 0 Å². The number of aromatic nitrogens is 2. The Morgan fingerprint density at radius 1 is 1.26 bits per heavy atom. The lowest BCUT2D eigenvalue weighted by Gasteiger charge is -2.10. The topological polar surface area (TPSA) is 102 Å². The average Bonchev–Trinajstić information content (AvgIpc) is 2.53. The lowest BCUT2D eigenvalue weighted by Crippen LogP contribution is -2.10. The van der Waals surface area contributed by atoms with Crippen LogP contribution >= 0.6 is 11.6 Å². The zero-order valence-corrected chi connectivity index (χ0v) is 13.2. The molecule has 9 heteroatoms. The van der Waals surface area contributed by atoms with Crippen molar-refractivity contribution in [2.75, 3.05) is 30.9 Å². The SMILES string of the molecule is COCCCNc1ncnc(Nc2ccc(Cl)cc2)c1[N+](=O)[O-]. The zero-order valence-electron chi connectivity index (χ0n) is 12.5. The van der Waals surface area contributed by atoms with Crippen molar-refractivity contribution in [3.8, 4) is 0 Å². The second-order valence-electron chi connectivity index (χ2n) is 4.58. The Morgan fingerprint density at radius 3 is 2.61 bits per heavy atom. The van der Waals surface area contributed by atoms with Crippen LogP contribution in [0.1, 0.15) is 6.42 Å². The summed E-state index contributed by atoms with van der Waals surface area (Å²) in [6.07, 6.45) is 1.97. The number of ether oxygens (including phenoxy) is 1. The molecule has 2 aromatic rings. The molecule has 0 atom stereocenters. The van der Waals surface area contributed by atoms with E-state index in [0.29, 0.717) is 30.3 Å². The molecule has 1 heterocycles. The van der Waals surface area contributed by atoms with Crippen molar-refractivity contribution in [3.05, 3.63) is 45.7 Å². The zero-order chi connectivity index (χ0) is 16.7. The van der Waals surface area contributed by atoms with Crippen LogP contribution < -0.4 is 10.6 Å². The fourth-order valence-corrected chi connectivity index (χ4v) is 1.99. The summed E-state index contributed by atoms with van der Waals surface area (Å²) in [7, 11) is 1.60. The maximum absolute atomic E-state index is 11.4.